The normalized spacial score (nSPS) is 10.6. The van der Waals surface area contributed by atoms with Gasteiger partial charge in [0.05, 0.1) is 16.6 Å². The number of amides is 3. The van der Waals surface area contributed by atoms with Gasteiger partial charge in [0.25, 0.3) is 17.4 Å². The minimum absolute atomic E-state index is 0.00867. The number of nitrogens with two attached hydrogens (primary N) is 1. The lowest BCUT2D eigenvalue weighted by atomic mass is 10.1. The van der Waals surface area contributed by atoms with Crippen molar-refractivity contribution in [2.24, 2.45) is 5.73 Å². The highest BCUT2D eigenvalue weighted by molar-refractivity contribution is 6.13. The van der Waals surface area contributed by atoms with Gasteiger partial charge in [0.15, 0.2) is 5.69 Å². The number of aromatic nitrogens is 2. The van der Waals surface area contributed by atoms with E-state index < -0.39 is 17.7 Å². The molecule has 3 aromatic rings. The fraction of sp³-hybridized carbons (Fsp3) is 0.190. The van der Waals surface area contributed by atoms with Crippen LogP contribution in [0.15, 0.2) is 53.3 Å². The standard InChI is InChI=1S/C21H21N5O4/c1-2-26-21(30)14-8-4-3-7-13(14)18(25-26)20(29)24-16-10-6-5-9-15(16)19(28)23-12-11-17(22)27/h3-10H,2,11-12H2,1H3,(H2,22,27)(H,23,28)(H,24,29). The summed E-state index contributed by atoms with van der Waals surface area (Å²) in [7, 11) is 0. The number of benzene rings is 2. The van der Waals surface area contributed by atoms with E-state index in [1.807, 2.05) is 0 Å². The van der Waals surface area contributed by atoms with Gasteiger partial charge in [-0.2, -0.15) is 5.10 Å². The topological polar surface area (TPSA) is 136 Å². The lowest BCUT2D eigenvalue weighted by molar-refractivity contribution is -0.117. The van der Waals surface area contributed by atoms with Crippen LogP contribution in [-0.2, 0) is 11.3 Å². The van der Waals surface area contributed by atoms with Crippen LogP contribution >= 0.6 is 0 Å². The van der Waals surface area contributed by atoms with Crippen molar-refractivity contribution in [2.75, 3.05) is 11.9 Å². The minimum Gasteiger partial charge on any atom is -0.370 e. The monoisotopic (exact) mass is 407 g/mol. The number of rotatable bonds is 7. The van der Waals surface area contributed by atoms with Crippen LogP contribution in [0.25, 0.3) is 10.8 Å². The first kappa shape index (κ1) is 20.7. The number of carbonyl (C=O) groups excluding carboxylic acids is 3. The van der Waals surface area contributed by atoms with Crippen molar-refractivity contribution in [2.45, 2.75) is 19.9 Å². The van der Waals surface area contributed by atoms with E-state index in [4.69, 9.17) is 5.73 Å². The van der Waals surface area contributed by atoms with Crippen molar-refractivity contribution in [3.05, 3.63) is 70.1 Å². The van der Waals surface area contributed by atoms with E-state index in [0.717, 1.165) is 0 Å². The Bertz CT molecular complexity index is 1190. The summed E-state index contributed by atoms with van der Waals surface area (Å²) in [6.07, 6.45) is 0.00867. The maximum Gasteiger partial charge on any atom is 0.276 e. The zero-order chi connectivity index (χ0) is 21.7. The highest BCUT2D eigenvalue weighted by Crippen LogP contribution is 2.19. The number of primary amides is 1. The first-order valence-corrected chi connectivity index (χ1v) is 9.39. The van der Waals surface area contributed by atoms with E-state index >= 15 is 0 Å². The predicted octanol–water partition coefficient (Wildman–Crippen LogP) is 1.27. The number of hydrogen-bond donors (Lipinski definition) is 3. The number of anilines is 1. The Balaban J connectivity index is 1.92. The molecule has 154 valence electrons. The number of aryl methyl sites for hydroxylation is 1. The van der Waals surface area contributed by atoms with Crippen LogP contribution in [-0.4, -0.2) is 34.0 Å². The Morgan fingerprint density at radius 3 is 2.37 bits per heavy atom. The fourth-order valence-corrected chi connectivity index (χ4v) is 2.98. The van der Waals surface area contributed by atoms with Crippen molar-refractivity contribution in [1.82, 2.24) is 15.1 Å². The van der Waals surface area contributed by atoms with Crippen LogP contribution in [0.3, 0.4) is 0 Å². The maximum atomic E-state index is 13.0. The second kappa shape index (κ2) is 8.99. The van der Waals surface area contributed by atoms with Crippen molar-refractivity contribution in [3.8, 4) is 0 Å². The summed E-state index contributed by atoms with van der Waals surface area (Å²) in [6.45, 7) is 2.16. The van der Waals surface area contributed by atoms with Gasteiger partial charge in [-0.1, -0.05) is 30.3 Å². The third kappa shape index (κ3) is 4.35. The van der Waals surface area contributed by atoms with Gasteiger partial charge in [0, 0.05) is 24.9 Å². The van der Waals surface area contributed by atoms with Crippen LogP contribution < -0.4 is 21.9 Å². The quantitative estimate of drug-likeness (QED) is 0.542. The van der Waals surface area contributed by atoms with E-state index in [-0.39, 0.29) is 35.5 Å². The van der Waals surface area contributed by atoms with Gasteiger partial charge in [-0.3, -0.25) is 19.2 Å². The summed E-state index contributed by atoms with van der Waals surface area (Å²) < 4.78 is 1.22. The smallest absolute Gasteiger partial charge is 0.276 e. The van der Waals surface area contributed by atoms with Gasteiger partial charge >= 0.3 is 0 Å². The van der Waals surface area contributed by atoms with Crippen LogP contribution in [0.1, 0.15) is 34.2 Å². The first-order chi connectivity index (χ1) is 14.4. The molecule has 0 aliphatic heterocycles. The maximum absolute atomic E-state index is 13.0. The van der Waals surface area contributed by atoms with E-state index in [0.29, 0.717) is 17.3 Å². The average molecular weight is 407 g/mol. The molecule has 3 amide bonds. The van der Waals surface area contributed by atoms with Crippen molar-refractivity contribution in [1.29, 1.82) is 0 Å². The lowest BCUT2D eigenvalue weighted by Crippen LogP contribution is -2.29. The molecule has 0 atom stereocenters. The van der Waals surface area contributed by atoms with Crippen LogP contribution in [0.4, 0.5) is 5.69 Å². The summed E-state index contributed by atoms with van der Waals surface area (Å²) in [5.74, 6) is -1.53. The van der Waals surface area contributed by atoms with E-state index in [1.165, 1.54) is 4.68 Å². The molecule has 0 saturated carbocycles. The average Bonchev–Trinajstić information content (AvgIpc) is 2.74. The summed E-state index contributed by atoms with van der Waals surface area (Å²) in [5, 5.41) is 10.3. The van der Waals surface area contributed by atoms with Gasteiger partial charge in [0.2, 0.25) is 5.91 Å². The molecular weight excluding hydrogens is 386 g/mol. The molecule has 4 N–H and O–H groups in total. The molecule has 30 heavy (non-hydrogen) atoms. The van der Waals surface area contributed by atoms with E-state index in [2.05, 4.69) is 15.7 Å². The second-order valence-electron chi connectivity index (χ2n) is 6.49. The third-order valence-corrected chi connectivity index (χ3v) is 4.46. The summed E-state index contributed by atoms with van der Waals surface area (Å²) in [6, 6.07) is 13.2. The van der Waals surface area contributed by atoms with Crippen molar-refractivity contribution < 1.29 is 14.4 Å². The molecule has 9 heteroatoms. The summed E-state index contributed by atoms with van der Waals surface area (Å²) in [5.41, 5.74) is 5.38. The molecule has 0 unspecified atom stereocenters. The highest BCUT2D eigenvalue weighted by Gasteiger charge is 2.19. The largest absolute Gasteiger partial charge is 0.370 e. The third-order valence-electron chi connectivity index (χ3n) is 4.46. The molecule has 0 saturated heterocycles. The molecule has 0 spiro atoms. The molecule has 0 aliphatic rings. The molecule has 0 bridgehead atoms. The molecule has 3 rings (SSSR count). The number of carbonyl (C=O) groups is 3. The van der Waals surface area contributed by atoms with Gasteiger partial charge in [-0.25, -0.2) is 4.68 Å². The Kier molecular flexibility index (Phi) is 6.21. The van der Waals surface area contributed by atoms with Gasteiger partial charge < -0.3 is 16.4 Å². The molecule has 1 heterocycles. The molecule has 0 fully saturated rings. The van der Waals surface area contributed by atoms with Gasteiger partial charge in [-0.15, -0.1) is 0 Å². The minimum atomic E-state index is -0.550. The fourth-order valence-electron chi connectivity index (χ4n) is 2.98. The Morgan fingerprint density at radius 2 is 1.67 bits per heavy atom. The second-order valence-corrected chi connectivity index (χ2v) is 6.49. The van der Waals surface area contributed by atoms with Crippen molar-refractivity contribution in [3.63, 3.8) is 0 Å². The highest BCUT2D eigenvalue weighted by atomic mass is 16.2. The lowest BCUT2D eigenvalue weighted by Gasteiger charge is -2.13. The van der Waals surface area contributed by atoms with Gasteiger partial charge in [0.1, 0.15) is 0 Å². The molecule has 1 aromatic heterocycles. The van der Waals surface area contributed by atoms with Crippen LogP contribution in [0.5, 0.6) is 0 Å². The molecule has 2 aromatic carbocycles. The molecule has 0 radical (unpaired) electrons. The zero-order valence-corrected chi connectivity index (χ0v) is 16.3. The predicted molar refractivity (Wildman–Crippen MR) is 112 cm³/mol. The number of fused-ring (bicyclic) bond motifs is 1. The Hall–Kier alpha value is -4.01. The van der Waals surface area contributed by atoms with Gasteiger partial charge in [-0.05, 0) is 25.1 Å². The van der Waals surface area contributed by atoms with Crippen LogP contribution in [0.2, 0.25) is 0 Å². The first-order valence-electron chi connectivity index (χ1n) is 9.39. The Labute approximate surface area is 171 Å². The number of hydrogen-bond acceptors (Lipinski definition) is 5. The zero-order valence-electron chi connectivity index (χ0n) is 16.3. The molecular formula is C21H21N5O4. The summed E-state index contributed by atoms with van der Waals surface area (Å²) >= 11 is 0. The number of nitrogens with one attached hydrogen (secondary N) is 2. The molecule has 0 aliphatic carbocycles. The molecule has 9 nitrogen and oxygen atoms in total. The van der Waals surface area contributed by atoms with Crippen LogP contribution in [0, 0.1) is 0 Å². The Morgan fingerprint density at radius 1 is 1.00 bits per heavy atom. The van der Waals surface area contributed by atoms with E-state index in [9.17, 15) is 19.2 Å². The van der Waals surface area contributed by atoms with E-state index in [1.54, 1.807) is 55.5 Å². The number of para-hydroxylation sites is 1. The van der Waals surface area contributed by atoms with Crippen molar-refractivity contribution >= 4 is 34.2 Å². The summed E-state index contributed by atoms with van der Waals surface area (Å²) in [4.78, 5) is 48.8. The SMILES string of the molecule is CCn1nc(C(=O)Nc2ccccc2C(=O)NCCC(N)=O)c2ccccc2c1=O. The number of nitrogens with zero attached hydrogens (tertiary/aromatic N) is 2.